The van der Waals surface area contributed by atoms with Crippen molar-refractivity contribution in [3.8, 4) is 0 Å². The van der Waals surface area contributed by atoms with Gasteiger partial charge < -0.3 is 10.4 Å². The molecule has 0 radical (unpaired) electrons. The highest BCUT2D eigenvalue weighted by Crippen LogP contribution is 2.21. The number of nitrogens with one attached hydrogen (secondary N) is 1. The molecule has 0 atom stereocenters. The Hall–Kier alpha value is -1.69. The van der Waals surface area contributed by atoms with Crippen molar-refractivity contribution in [2.75, 3.05) is 11.9 Å². The minimum atomic E-state index is -1.24. The Labute approximate surface area is 96.7 Å². The molecule has 0 saturated heterocycles. The maximum atomic E-state index is 11.0. The monoisotopic (exact) mass is 243 g/mol. The Morgan fingerprint density at radius 2 is 2.19 bits per heavy atom. The van der Waals surface area contributed by atoms with Gasteiger partial charge in [0.15, 0.2) is 11.5 Å². The maximum absolute atomic E-state index is 11.0. The van der Waals surface area contributed by atoms with Crippen LogP contribution in [0.3, 0.4) is 0 Å². The van der Waals surface area contributed by atoms with Crippen LogP contribution in [0.5, 0.6) is 0 Å². The second-order valence-corrected chi connectivity index (χ2v) is 3.31. The molecule has 0 spiro atoms. The molecule has 1 aromatic heterocycles. The quantitative estimate of drug-likeness (QED) is 0.808. The molecule has 6 nitrogen and oxygen atoms in total. The SMILES string of the molecule is CCC(=O)CNc1ncnc(C(=O)O)c1Cl. The molecular formula is C9H10ClN3O3. The molecule has 1 aromatic rings. The molecule has 0 unspecified atom stereocenters. The normalized spacial score (nSPS) is 9.88. The number of anilines is 1. The van der Waals surface area contributed by atoms with Gasteiger partial charge in [0.2, 0.25) is 0 Å². The molecule has 7 heteroatoms. The van der Waals surface area contributed by atoms with Crippen LogP contribution in [-0.2, 0) is 4.79 Å². The van der Waals surface area contributed by atoms with Crippen molar-refractivity contribution in [3.63, 3.8) is 0 Å². The van der Waals surface area contributed by atoms with Gasteiger partial charge in [-0.2, -0.15) is 0 Å². The topological polar surface area (TPSA) is 92.2 Å². The van der Waals surface area contributed by atoms with Crippen LogP contribution in [0.2, 0.25) is 5.02 Å². The number of carbonyl (C=O) groups is 2. The van der Waals surface area contributed by atoms with Crippen molar-refractivity contribution < 1.29 is 14.7 Å². The van der Waals surface area contributed by atoms with Crippen molar-refractivity contribution in [1.82, 2.24) is 9.97 Å². The van der Waals surface area contributed by atoms with E-state index in [0.29, 0.717) is 6.42 Å². The highest BCUT2D eigenvalue weighted by molar-refractivity contribution is 6.35. The molecule has 0 saturated carbocycles. The van der Waals surface area contributed by atoms with Crippen LogP contribution in [0.1, 0.15) is 23.8 Å². The average molecular weight is 244 g/mol. The molecule has 0 aliphatic carbocycles. The molecule has 1 heterocycles. The molecule has 1 rings (SSSR count). The van der Waals surface area contributed by atoms with Gasteiger partial charge >= 0.3 is 5.97 Å². The number of halogens is 1. The Balaban J connectivity index is 2.85. The number of nitrogens with zero attached hydrogens (tertiary/aromatic N) is 2. The fourth-order valence-corrected chi connectivity index (χ4v) is 1.19. The number of rotatable bonds is 5. The molecule has 0 aromatic carbocycles. The molecule has 0 aliphatic rings. The summed E-state index contributed by atoms with van der Waals surface area (Å²) in [5.74, 6) is -1.11. The summed E-state index contributed by atoms with van der Waals surface area (Å²) in [6.07, 6.45) is 1.47. The van der Waals surface area contributed by atoms with Gasteiger partial charge in [0.1, 0.15) is 17.2 Å². The second-order valence-electron chi connectivity index (χ2n) is 2.94. The summed E-state index contributed by atoms with van der Waals surface area (Å²) in [6.45, 7) is 1.79. The molecule has 86 valence electrons. The number of ketones is 1. The predicted octanol–water partition coefficient (Wildman–Crippen LogP) is 1.22. The molecule has 0 bridgehead atoms. The molecular weight excluding hydrogens is 234 g/mol. The minimum absolute atomic E-state index is 0.0217. The summed E-state index contributed by atoms with van der Waals surface area (Å²) in [6, 6.07) is 0. The third kappa shape index (κ3) is 2.90. The van der Waals surface area contributed by atoms with E-state index in [9.17, 15) is 9.59 Å². The number of aromatic nitrogens is 2. The smallest absolute Gasteiger partial charge is 0.356 e. The van der Waals surface area contributed by atoms with E-state index in [1.807, 2.05) is 0 Å². The lowest BCUT2D eigenvalue weighted by molar-refractivity contribution is -0.117. The van der Waals surface area contributed by atoms with E-state index < -0.39 is 5.97 Å². The molecule has 0 amide bonds. The van der Waals surface area contributed by atoms with Gasteiger partial charge in [-0.1, -0.05) is 18.5 Å². The number of carbonyl (C=O) groups excluding carboxylic acids is 1. The molecule has 0 aliphatic heterocycles. The number of hydrogen-bond acceptors (Lipinski definition) is 5. The Bertz CT molecular complexity index is 422. The average Bonchev–Trinajstić information content (AvgIpc) is 2.26. The van der Waals surface area contributed by atoms with Gasteiger partial charge in [0.25, 0.3) is 0 Å². The Morgan fingerprint density at radius 3 is 2.75 bits per heavy atom. The second kappa shape index (κ2) is 5.41. The van der Waals surface area contributed by atoms with Crippen LogP contribution in [0.25, 0.3) is 0 Å². The van der Waals surface area contributed by atoms with Crippen LogP contribution >= 0.6 is 11.6 Å². The lowest BCUT2D eigenvalue weighted by Gasteiger charge is -2.06. The van der Waals surface area contributed by atoms with Gasteiger partial charge in [-0.3, -0.25) is 4.79 Å². The first-order valence-corrected chi connectivity index (χ1v) is 4.93. The largest absolute Gasteiger partial charge is 0.476 e. The van der Waals surface area contributed by atoms with E-state index in [-0.39, 0.29) is 28.9 Å². The first-order chi connectivity index (χ1) is 7.56. The summed E-state index contributed by atoms with van der Waals surface area (Å²) in [5.41, 5.74) is -0.289. The van der Waals surface area contributed by atoms with Crippen LogP contribution in [-0.4, -0.2) is 33.4 Å². The number of hydrogen-bond donors (Lipinski definition) is 2. The van der Waals surface area contributed by atoms with E-state index in [2.05, 4.69) is 15.3 Å². The maximum Gasteiger partial charge on any atom is 0.356 e. The summed E-state index contributed by atoms with van der Waals surface area (Å²) in [5, 5.41) is 11.3. The Morgan fingerprint density at radius 1 is 1.50 bits per heavy atom. The summed E-state index contributed by atoms with van der Waals surface area (Å²) < 4.78 is 0. The lowest BCUT2D eigenvalue weighted by Crippen LogP contribution is -2.15. The summed E-state index contributed by atoms with van der Waals surface area (Å²) >= 11 is 5.75. The van der Waals surface area contributed by atoms with Gasteiger partial charge in [-0.05, 0) is 0 Å². The fraction of sp³-hybridized carbons (Fsp3) is 0.333. The van der Waals surface area contributed by atoms with Crippen molar-refractivity contribution >= 4 is 29.2 Å². The van der Waals surface area contributed by atoms with Crippen molar-refractivity contribution in [2.45, 2.75) is 13.3 Å². The standard InChI is InChI=1S/C9H10ClN3O3/c1-2-5(14)3-11-8-6(10)7(9(15)16)12-4-13-8/h4H,2-3H2,1H3,(H,15,16)(H,11,12,13). The highest BCUT2D eigenvalue weighted by atomic mass is 35.5. The van der Waals surface area contributed by atoms with Crippen LogP contribution < -0.4 is 5.32 Å². The van der Waals surface area contributed by atoms with Crippen molar-refractivity contribution in [2.24, 2.45) is 0 Å². The van der Waals surface area contributed by atoms with Crippen molar-refractivity contribution in [3.05, 3.63) is 17.0 Å². The predicted molar refractivity (Wildman–Crippen MR) is 57.8 cm³/mol. The summed E-state index contributed by atoms with van der Waals surface area (Å²) in [7, 11) is 0. The minimum Gasteiger partial charge on any atom is -0.476 e. The Kier molecular flexibility index (Phi) is 4.19. The first-order valence-electron chi connectivity index (χ1n) is 4.55. The van der Waals surface area contributed by atoms with Crippen LogP contribution in [0, 0.1) is 0 Å². The van der Waals surface area contributed by atoms with Crippen LogP contribution in [0.4, 0.5) is 5.82 Å². The van der Waals surface area contributed by atoms with Gasteiger partial charge in [-0.15, -0.1) is 0 Å². The first kappa shape index (κ1) is 12.4. The number of aromatic carboxylic acids is 1. The number of Topliss-reactive ketones (excluding diaryl/α,β-unsaturated/α-hetero) is 1. The van der Waals surface area contributed by atoms with E-state index in [0.717, 1.165) is 6.33 Å². The number of carboxylic acid groups (broad SMARTS) is 1. The molecule has 0 fully saturated rings. The lowest BCUT2D eigenvalue weighted by atomic mass is 10.3. The fourth-order valence-electron chi connectivity index (χ4n) is 0.949. The molecule has 16 heavy (non-hydrogen) atoms. The van der Waals surface area contributed by atoms with E-state index in [1.165, 1.54) is 0 Å². The zero-order valence-electron chi connectivity index (χ0n) is 8.53. The number of carboxylic acids is 1. The summed E-state index contributed by atoms with van der Waals surface area (Å²) in [4.78, 5) is 29.0. The highest BCUT2D eigenvalue weighted by Gasteiger charge is 2.15. The zero-order chi connectivity index (χ0) is 12.1. The van der Waals surface area contributed by atoms with E-state index >= 15 is 0 Å². The van der Waals surface area contributed by atoms with Gasteiger partial charge in [0.05, 0.1) is 6.54 Å². The van der Waals surface area contributed by atoms with Gasteiger partial charge in [0, 0.05) is 6.42 Å². The van der Waals surface area contributed by atoms with Crippen molar-refractivity contribution in [1.29, 1.82) is 0 Å². The van der Waals surface area contributed by atoms with Crippen LogP contribution in [0.15, 0.2) is 6.33 Å². The zero-order valence-corrected chi connectivity index (χ0v) is 9.28. The van der Waals surface area contributed by atoms with Gasteiger partial charge in [-0.25, -0.2) is 14.8 Å². The van der Waals surface area contributed by atoms with E-state index in [1.54, 1.807) is 6.92 Å². The molecule has 2 N–H and O–H groups in total. The third-order valence-corrected chi connectivity index (χ3v) is 2.20. The third-order valence-electron chi connectivity index (χ3n) is 1.84. The van der Waals surface area contributed by atoms with E-state index in [4.69, 9.17) is 16.7 Å².